The van der Waals surface area contributed by atoms with E-state index >= 15 is 0 Å². The van der Waals surface area contributed by atoms with E-state index in [2.05, 4.69) is 15.6 Å². The molecule has 0 saturated heterocycles. The van der Waals surface area contributed by atoms with Gasteiger partial charge in [-0.05, 0) is 29.7 Å². The van der Waals surface area contributed by atoms with Crippen molar-refractivity contribution in [2.45, 2.75) is 13.0 Å². The van der Waals surface area contributed by atoms with E-state index in [4.69, 9.17) is 0 Å². The number of pyridine rings is 1. The maximum atomic E-state index is 11.8. The minimum absolute atomic E-state index is 0.353. The van der Waals surface area contributed by atoms with E-state index in [1.54, 1.807) is 17.5 Å². The van der Waals surface area contributed by atoms with Crippen molar-refractivity contribution in [1.29, 1.82) is 0 Å². The Hall–Kier alpha value is -2.73. The summed E-state index contributed by atoms with van der Waals surface area (Å²) >= 11 is 1.61. The second kappa shape index (κ2) is 7.70. The lowest BCUT2D eigenvalue weighted by molar-refractivity contribution is -0.139. The molecule has 2 amide bonds. The standard InChI is InChI=1S/C18H17N3O2S/c22-17(20-10-8-14-6-3-4-9-19-14)18(23)21-12-15-11-13-5-1-2-7-16(13)24-15/h1-7,9,11H,8,10,12H2,(H,20,22)(H,21,23). The zero-order valence-corrected chi connectivity index (χ0v) is 13.8. The van der Waals surface area contributed by atoms with Crippen molar-refractivity contribution in [3.05, 3.63) is 65.3 Å². The summed E-state index contributed by atoms with van der Waals surface area (Å²) in [6.07, 6.45) is 2.30. The number of aromatic nitrogens is 1. The normalized spacial score (nSPS) is 10.5. The average molecular weight is 339 g/mol. The van der Waals surface area contributed by atoms with Crippen LogP contribution in [0.25, 0.3) is 10.1 Å². The highest BCUT2D eigenvalue weighted by Crippen LogP contribution is 2.24. The van der Waals surface area contributed by atoms with Crippen LogP contribution in [0.3, 0.4) is 0 Å². The van der Waals surface area contributed by atoms with Gasteiger partial charge in [0, 0.05) is 34.4 Å². The van der Waals surface area contributed by atoms with Crippen LogP contribution >= 0.6 is 11.3 Å². The number of nitrogens with one attached hydrogen (secondary N) is 2. The molecule has 24 heavy (non-hydrogen) atoms. The first-order chi connectivity index (χ1) is 11.7. The molecule has 2 N–H and O–H groups in total. The molecule has 0 spiro atoms. The Morgan fingerprint density at radius 3 is 2.58 bits per heavy atom. The predicted octanol–water partition coefficient (Wildman–Crippen LogP) is 2.27. The van der Waals surface area contributed by atoms with Gasteiger partial charge < -0.3 is 10.6 Å². The second-order valence-corrected chi connectivity index (χ2v) is 6.43. The molecule has 0 aliphatic carbocycles. The summed E-state index contributed by atoms with van der Waals surface area (Å²) in [4.78, 5) is 28.8. The minimum Gasteiger partial charge on any atom is -0.347 e. The van der Waals surface area contributed by atoms with Crippen molar-refractivity contribution in [1.82, 2.24) is 15.6 Å². The van der Waals surface area contributed by atoms with Crippen molar-refractivity contribution < 1.29 is 9.59 Å². The van der Waals surface area contributed by atoms with Gasteiger partial charge in [-0.2, -0.15) is 0 Å². The van der Waals surface area contributed by atoms with Gasteiger partial charge in [0.2, 0.25) is 0 Å². The third kappa shape index (κ3) is 4.17. The molecular weight excluding hydrogens is 322 g/mol. The molecule has 2 heterocycles. The van der Waals surface area contributed by atoms with E-state index in [-0.39, 0.29) is 0 Å². The first-order valence-corrected chi connectivity index (χ1v) is 8.47. The molecule has 122 valence electrons. The number of carbonyl (C=O) groups excluding carboxylic acids is 2. The summed E-state index contributed by atoms with van der Waals surface area (Å²) in [5, 5.41) is 6.40. The topological polar surface area (TPSA) is 71.1 Å². The predicted molar refractivity (Wildman–Crippen MR) is 94.6 cm³/mol. The lowest BCUT2D eigenvalue weighted by atomic mass is 10.2. The Bertz CT molecular complexity index is 813. The first-order valence-electron chi connectivity index (χ1n) is 7.66. The van der Waals surface area contributed by atoms with E-state index in [9.17, 15) is 9.59 Å². The third-order valence-corrected chi connectivity index (χ3v) is 4.61. The number of carbonyl (C=O) groups is 2. The van der Waals surface area contributed by atoms with Gasteiger partial charge in [0.25, 0.3) is 0 Å². The van der Waals surface area contributed by atoms with Crippen molar-refractivity contribution in [3.8, 4) is 0 Å². The largest absolute Gasteiger partial charge is 0.347 e. The molecule has 0 unspecified atom stereocenters. The van der Waals surface area contributed by atoms with Crippen LogP contribution in [0.1, 0.15) is 10.6 Å². The fraction of sp³-hybridized carbons (Fsp3) is 0.167. The molecular formula is C18H17N3O2S. The molecule has 2 aromatic heterocycles. The van der Waals surface area contributed by atoms with Gasteiger partial charge in [0.05, 0.1) is 6.54 Å². The van der Waals surface area contributed by atoms with Gasteiger partial charge in [-0.25, -0.2) is 0 Å². The number of fused-ring (bicyclic) bond motifs is 1. The van der Waals surface area contributed by atoms with E-state index < -0.39 is 11.8 Å². The Morgan fingerprint density at radius 1 is 1.00 bits per heavy atom. The zero-order valence-electron chi connectivity index (χ0n) is 13.0. The second-order valence-electron chi connectivity index (χ2n) is 5.26. The van der Waals surface area contributed by atoms with E-state index in [1.807, 2.05) is 48.5 Å². The minimum atomic E-state index is -0.618. The summed E-state index contributed by atoms with van der Waals surface area (Å²) in [7, 11) is 0. The lowest BCUT2D eigenvalue weighted by Gasteiger charge is -2.05. The first kappa shape index (κ1) is 16.1. The van der Waals surface area contributed by atoms with Crippen molar-refractivity contribution in [3.63, 3.8) is 0 Å². The Kier molecular flexibility index (Phi) is 5.18. The average Bonchev–Trinajstić information content (AvgIpc) is 3.03. The number of hydrogen-bond acceptors (Lipinski definition) is 4. The molecule has 5 nitrogen and oxygen atoms in total. The molecule has 3 aromatic rings. The number of benzene rings is 1. The van der Waals surface area contributed by atoms with Crippen molar-refractivity contribution >= 4 is 33.2 Å². The van der Waals surface area contributed by atoms with E-state index in [0.717, 1.165) is 16.0 Å². The summed E-state index contributed by atoms with van der Waals surface area (Å²) in [6.45, 7) is 0.734. The van der Waals surface area contributed by atoms with Crippen molar-refractivity contribution in [2.75, 3.05) is 6.54 Å². The van der Waals surface area contributed by atoms with Gasteiger partial charge in [-0.1, -0.05) is 24.3 Å². The van der Waals surface area contributed by atoms with Crippen LogP contribution in [0, 0.1) is 0 Å². The molecule has 0 bridgehead atoms. The van der Waals surface area contributed by atoms with Crippen LogP contribution in [0.2, 0.25) is 0 Å². The molecule has 6 heteroatoms. The van der Waals surface area contributed by atoms with Crippen molar-refractivity contribution in [2.24, 2.45) is 0 Å². The number of hydrogen-bond donors (Lipinski definition) is 2. The fourth-order valence-electron chi connectivity index (χ4n) is 2.30. The van der Waals surface area contributed by atoms with Gasteiger partial charge in [-0.3, -0.25) is 14.6 Å². The molecule has 0 radical (unpaired) electrons. The molecule has 0 aliphatic heterocycles. The molecule has 3 rings (SSSR count). The van der Waals surface area contributed by atoms with Crippen LogP contribution in [0.15, 0.2) is 54.7 Å². The highest BCUT2D eigenvalue weighted by molar-refractivity contribution is 7.19. The monoisotopic (exact) mass is 339 g/mol. The quantitative estimate of drug-likeness (QED) is 0.701. The highest BCUT2D eigenvalue weighted by Gasteiger charge is 2.13. The number of rotatable bonds is 5. The Balaban J connectivity index is 1.45. The Morgan fingerprint density at radius 2 is 1.79 bits per heavy atom. The van der Waals surface area contributed by atoms with Gasteiger partial charge >= 0.3 is 11.8 Å². The molecule has 0 aliphatic rings. The number of thiophene rings is 1. The smallest absolute Gasteiger partial charge is 0.309 e. The molecule has 0 saturated carbocycles. The summed E-state index contributed by atoms with van der Waals surface area (Å²) in [5.74, 6) is -1.24. The molecule has 1 aromatic carbocycles. The SMILES string of the molecule is O=C(NCCc1ccccn1)C(=O)NCc1cc2ccccc2s1. The fourth-order valence-corrected chi connectivity index (χ4v) is 3.31. The highest BCUT2D eigenvalue weighted by atomic mass is 32.1. The van der Waals surface area contributed by atoms with Gasteiger partial charge in [0.1, 0.15) is 0 Å². The van der Waals surface area contributed by atoms with Crippen LogP contribution in [-0.2, 0) is 22.6 Å². The van der Waals surface area contributed by atoms with E-state index in [1.165, 1.54) is 4.70 Å². The number of amides is 2. The zero-order chi connectivity index (χ0) is 16.8. The Labute approximate surface area is 143 Å². The van der Waals surface area contributed by atoms with E-state index in [0.29, 0.717) is 19.5 Å². The third-order valence-electron chi connectivity index (χ3n) is 3.50. The van der Waals surface area contributed by atoms with Crippen LogP contribution in [0.4, 0.5) is 0 Å². The summed E-state index contributed by atoms with van der Waals surface area (Å²) in [5.41, 5.74) is 0.878. The number of nitrogens with zero attached hydrogens (tertiary/aromatic N) is 1. The van der Waals surface area contributed by atoms with Crippen LogP contribution in [0.5, 0.6) is 0 Å². The maximum absolute atomic E-state index is 11.8. The maximum Gasteiger partial charge on any atom is 0.309 e. The van der Waals surface area contributed by atoms with Crippen LogP contribution in [-0.4, -0.2) is 23.3 Å². The summed E-state index contributed by atoms with van der Waals surface area (Å²) in [6, 6.07) is 15.7. The lowest BCUT2D eigenvalue weighted by Crippen LogP contribution is -2.40. The van der Waals surface area contributed by atoms with Crippen LogP contribution < -0.4 is 10.6 Å². The molecule has 0 fully saturated rings. The molecule has 0 atom stereocenters. The van der Waals surface area contributed by atoms with Gasteiger partial charge in [-0.15, -0.1) is 11.3 Å². The summed E-state index contributed by atoms with van der Waals surface area (Å²) < 4.78 is 1.17. The van der Waals surface area contributed by atoms with Gasteiger partial charge in [0.15, 0.2) is 0 Å².